The predicted octanol–water partition coefficient (Wildman–Crippen LogP) is 3.83. The molecule has 0 aliphatic heterocycles. The normalized spacial score (nSPS) is 13.1. The number of hydrogen-bond acceptors (Lipinski definition) is 4. The lowest BCUT2D eigenvalue weighted by molar-refractivity contribution is -0.147. The van der Waals surface area contributed by atoms with E-state index in [0.29, 0.717) is 5.69 Å². The van der Waals surface area contributed by atoms with Crippen LogP contribution in [0.4, 0.5) is 23.7 Å². The molecule has 0 saturated heterocycles. The van der Waals surface area contributed by atoms with E-state index in [1.54, 1.807) is 13.8 Å². The number of carbonyl (C=O) groups excluding carboxylic acids is 1. The highest BCUT2D eigenvalue weighted by atomic mass is 19.4. The van der Waals surface area contributed by atoms with Crippen molar-refractivity contribution < 1.29 is 27.4 Å². The van der Waals surface area contributed by atoms with Crippen molar-refractivity contribution >= 4 is 22.8 Å². The zero-order chi connectivity index (χ0) is 17.9. The second kappa shape index (κ2) is 7.08. The molecule has 24 heavy (non-hydrogen) atoms. The summed E-state index contributed by atoms with van der Waals surface area (Å²) < 4.78 is 50.6. The van der Waals surface area contributed by atoms with Crippen LogP contribution in [0.5, 0.6) is 0 Å². The molecule has 2 rings (SSSR count). The molecule has 2 aromatic rings. The van der Waals surface area contributed by atoms with E-state index in [0.717, 1.165) is 4.57 Å². The number of nitrogens with one attached hydrogen (secondary N) is 1. The van der Waals surface area contributed by atoms with E-state index in [1.807, 2.05) is 0 Å². The number of aromatic nitrogens is 2. The molecule has 1 amide bonds. The van der Waals surface area contributed by atoms with Crippen molar-refractivity contribution in [3.05, 3.63) is 24.0 Å². The van der Waals surface area contributed by atoms with E-state index in [2.05, 4.69) is 10.3 Å². The third kappa shape index (κ3) is 3.78. The Morgan fingerprint density at radius 3 is 2.71 bits per heavy atom. The van der Waals surface area contributed by atoms with E-state index in [4.69, 9.17) is 9.47 Å². The van der Waals surface area contributed by atoms with Crippen LogP contribution in [0.3, 0.4) is 0 Å². The van der Waals surface area contributed by atoms with Gasteiger partial charge in [0.15, 0.2) is 0 Å². The minimum Gasteiger partial charge on any atom is -0.450 e. The molecular weight excluding hydrogens is 327 g/mol. The van der Waals surface area contributed by atoms with Crippen LogP contribution in [-0.4, -0.2) is 36.0 Å². The molecule has 9 heteroatoms. The van der Waals surface area contributed by atoms with Gasteiger partial charge < -0.3 is 14.0 Å². The summed E-state index contributed by atoms with van der Waals surface area (Å²) in [6.45, 7) is 3.53. The molecule has 0 saturated carbocycles. The van der Waals surface area contributed by atoms with Crippen molar-refractivity contribution in [2.75, 3.05) is 25.6 Å². The first kappa shape index (κ1) is 18.1. The molecule has 1 aromatic heterocycles. The van der Waals surface area contributed by atoms with Gasteiger partial charge in [-0.1, -0.05) is 0 Å². The van der Waals surface area contributed by atoms with Gasteiger partial charge in [0.25, 0.3) is 0 Å². The average Bonchev–Trinajstić information content (AvgIpc) is 2.86. The molecule has 132 valence electrons. The number of alkyl halides is 3. The molecule has 0 unspecified atom stereocenters. The summed E-state index contributed by atoms with van der Waals surface area (Å²) in [5, 5.41) is 2.47. The summed E-state index contributed by atoms with van der Waals surface area (Å²) in [6.07, 6.45) is -5.28. The first-order valence-corrected chi connectivity index (χ1v) is 7.29. The van der Waals surface area contributed by atoms with Gasteiger partial charge in [-0.25, -0.2) is 9.78 Å². The van der Waals surface area contributed by atoms with Crippen LogP contribution < -0.4 is 5.32 Å². The number of imidazole rings is 1. The maximum atomic E-state index is 13.3. The number of nitrogens with zero attached hydrogens (tertiary/aromatic N) is 2. The van der Waals surface area contributed by atoms with Crippen molar-refractivity contribution in [2.24, 2.45) is 0 Å². The Hall–Kier alpha value is -2.29. The smallest absolute Gasteiger partial charge is 0.449 e. The van der Waals surface area contributed by atoms with E-state index in [9.17, 15) is 18.0 Å². The average molecular weight is 345 g/mol. The number of halogens is 3. The minimum absolute atomic E-state index is 0.0874. The van der Waals surface area contributed by atoms with Gasteiger partial charge in [-0.15, -0.1) is 0 Å². The number of hydrogen-bond donors (Lipinski definition) is 1. The fourth-order valence-electron chi connectivity index (χ4n) is 2.42. The molecule has 0 radical (unpaired) electrons. The van der Waals surface area contributed by atoms with Gasteiger partial charge in [0.05, 0.1) is 30.3 Å². The quantitative estimate of drug-likeness (QED) is 0.894. The van der Waals surface area contributed by atoms with Gasteiger partial charge in [-0.05, 0) is 32.0 Å². The molecule has 0 bridgehead atoms. The third-order valence-electron chi connectivity index (χ3n) is 3.31. The summed E-state index contributed by atoms with van der Waals surface area (Å²) in [4.78, 5) is 15.2. The van der Waals surface area contributed by atoms with Crippen molar-refractivity contribution in [1.82, 2.24) is 9.55 Å². The Labute approximate surface area is 136 Å². The number of fused-ring (bicyclic) bond motifs is 1. The van der Waals surface area contributed by atoms with Gasteiger partial charge in [0.2, 0.25) is 5.82 Å². The SMILES string of the molecule is CCOC(=O)Nc1ccc2nc(C(F)(F)F)n([C@H](C)COC)c2c1. The van der Waals surface area contributed by atoms with Crippen LogP contribution in [0.1, 0.15) is 25.7 Å². The second-order valence-electron chi connectivity index (χ2n) is 5.16. The summed E-state index contributed by atoms with van der Waals surface area (Å²) in [6, 6.07) is 3.73. The van der Waals surface area contributed by atoms with Crippen molar-refractivity contribution in [3.8, 4) is 0 Å². The first-order valence-electron chi connectivity index (χ1n) is 7.29. The second-order valence-corrected chi connectivity index (χ2v) is 5.16. The molecular formula is C15H18F3N3O3. The molecule has 1 heterocycles. The number of methoxy groups -OCH3 is 1. The van der Waals surface area contributed by atoms with Crippen LogP contribution in [0, 0.1) is 0 Å². The van der Waals surface area contributed by atoms with Gasteiger partial charge >= 0.3 is 12.3 Å². The zero-order valence-electron chi connectivity index (χ0n) is 13.5. The summed E-state index contributed by atoms with van der Waals surface area (Å²) >= 11 is 0. The summed E-state index contributed by atoms with van der Waals surface area (Å²) in [7, 11) is 1.41. The Kier molecular flexibility index (Phi) is 5.33. The van der Waals surface area contributed by atoms with Gasteiger partial charge in [0, 0.05) is 12.8 Å². The monoisotopic (exact) mass is 345 g/mol. The zero-order valence-corrected chi connectivity index (χ0v) is 13.5. The van der Waals surface area contributed by atoms with Crippen LogP contribution in [-0.2, 0) is 15.7 Å². The number of benzene rings is 1. The highest BCUT2D eigenvalue weighted by Crippen LogP contribution is 2.34. The van der Waals surface area contributed by atoms with Gasteiger partial charge in [-0.3, -0.25) is 5.32 Å². The van der Waals surface area contributed by atoms with Crippen molar-refractivity contribution in [3.63, 3.8) is 0 Å². The largest absolute Gasteiger partial charge is 0.450 e. The highest BCUT2D eigenvalue weighted by Gasteiger charge is 2.38. The molecule has 0 fully saturated rings. The fraction of sp³-hybridized carbons (Fsp3) is 0.467. The molecule has 1 aromatic carbocycles. The lowest BCUT2D eigenvalue weighted by Gasteiger charge is -2.18. The van der Waals surface area contributed by atoms with E-state index >= 15 is 0 Å². The number of amides is 1. The number of carbonyl (C=O) groups is 1. The molecule has 0 spiro atoms. The molecule has 1 atom stereocenters. The fourth-order valence-corrected chi connectivity index (χ4v) is 2.42. The minimum atomic E-state index is -4.60. The Morgan fingerprint density at radius 1 is 1.42 bits per heavy atom. The molecule has 1 N–H and O–H groups in total. The maximum absolute atomic E-state index is 13.3. The van der Waals surface area contributed by atoms with Gasteiger partial charge in [0.1, 0.15) is 0 Å². The lowest BCUT2D eigenvalue weighted by atomic mass is 10.2. The lowest BCUT2D eigenvalue weighted by Crippen LogP contribution is -2.20. The summed E-state index contributed by atoms with van der Waals surface area (Å²) in [5.74, 6) is -1.00. The Bertz CT molecular complexity index is 728. The summed E-state index contributed by atoms with van der Waals surface area (Å²) in [5.41, 5.74) is 0.751. The predicted molar refractivity (Wildman–Crippen MR) is 82.0 cm³/mol. The van der Waals surface area contributed by atoms with E-state index < -0.39 is 24.1 Å². The van der Waals surface area contributed by atoms with E-state index in [-0.39, 0.29) is 24.2 Å². The number of rotatable bonds is 5. The molecule has 6 nitrogen and oxygen atoms in total. The van der Waals surface area contributed by atoms with Crippen LogP contribution in [0.2, 0.25) is 0 Å². The van der Waals surface area contributed by atoms with E-state index in [1.165, 1.54) is 25.3 Å². The topological polar surface area (TPSA) is 65.4 Å². The maximum Gasteiger partial charge on any atom is 0.449 e. The number of ether oxygens (including phenoxy) is 2. The van der Waals surface area contributed by atoms with Crippen LogP contribution in [0.25, 0.3) is 11.0 Å². The Morgan fingerprint density at radius 2 is 2.12 bits per heavy atom. The first-order chi connectivity index (χ1) is 11.3. The Balaban J connectivity index is 2.52. The molecule has 0 aliphatic carbocycles. The third-order valence-corrected chi connectivity index (χ3v) is 3.31. The van der Waals surface area contributed by atoms with Crippen molar-refractivity contribution in [1.29, 1.82) is 0 Å². The van der Waals surface area contributed by atoms with Crippen LogP contribution >= 0.6 is 0 Å². The standard InChI is InChI=1S/C15H18F3N3O3/c1-4-24-14(22)19-10-5-6-11-12(7-10)21(9(2)8-23-3)13(20-11)15(16,17)18/h5-7,9H,4,8H2,1-3H3,(H,19,22)/t9-/m1/s1. The highest BCUT2D eigenvalue weighted by molar-refractivity contribution is 5.89. The molecule has 0 aliphatic rings. The van der Waals surface area contributed by atoms with Gasteiger partial charge in [-0.2, -0.15) is 13.2 Å². The van der Waals surface area contributed by atoms with Crippen molar-refractivity contribution in [2.45, 2.75) is 26.1 Å². The van der Waals surface area contributed by atoms with Crippen LogP contribution in [0.15, 0.2) is 18.2 Å². The number of anilines is 1.